The molecule has 0 saturated heterocycles. The highest BCUT2D eigenvalue weighted by atomic mass is 14.6. The van der Waals surface area contributed by atoms with E-state index in [1.54, 1.807) is 0 Å². The highest BCUT2D eigenvalue weighted by Crippen LogP contribution is 2.10. The van der Waals surface area contributed by atoms with E-state index in [1.807, 2.05) is 0 Å². The predicted molar refractivity (Wildman–Crippen MR) is 46.9 cm³/mol. The molecule has 0 aliphatic carbocycles. The lowest BCUT2D eigenvalue weighted by Gasteiger charge is -2.15. The molecule has 10 heavy (non-hydrogen) atoms. The first-order valence-electron chi connectivity index (χ1n) is 4.28. The predicted octanol–water partition coefficient (Wildman–Crippen LogP) is 2.41. The number of hydrogen-bond acceptors (Lipinski definition) is 1. The number of nitrogens with two attached hydrogens (primary N) is 1. The molecule has 0 aliphatic heterocycles. The Bertz CT molecular complexity index is 66.8. The van der Waals surface area contributed by atoms with Gasteiger partial charge < -0.3 is 5.73 Å². The molecule has 1 nitrogen and oxygen atoms in total. The summed E-state index contributed by atoms with van der Waals surface area (Å²) < 4.78 is 0. The number of hydrogen-bond donors (Lipinski definition) is 1. The van der Waals surface area contributed by atoms with Crippen molar-refractivity contribution >= 4 is 0 Å². The normalized spacial score (nSPS) is 12.0. The van der Waals surface area contributed by atoms with Gasteiger partial charge in [-0.2, -0.15) is 0 Å². The monoisotopic (exact) mass is 143 g/mol. The second-order valence-electron chi connectivity index (χ2n) is 4.02. The SMILES string of the molecule is CC(C)CC(N)CC(C)C. The third kappa shape index (κ3) is 6.09. The van der Waals surface area contributed by atoms with E-state index in [-0.39, 0.29) is 0 Å². The van der Waals surface area contributed by atoms with E-state index < -0.39 is 0 Å². The molecule has 1 heteroatoms. The lowest BCUT2D eigenvalue weighted by atomic mass is 9.97. The molecule has 0 unspecified atom stereocenters. The van der Waals surface area contributed by atoms with Crippen LogP contribution in [0.1, 0.15) is 40.5 Å². The molecule has 0 aromatic carbocycles. The summed E-state index contributed by atoms with van der Waals surface area (Å²) in [6.45, 7) is 8.89. The molecule has 0 heterocycles. The lowest BCUT2D eigenvalue weighted by Crippen LogP contribution is -2.23. The summed E-state index contributed by atoms with van der Waals surface area (Å²) in [6.07, 6.45) is 2.33. The average Bonchev–Trinajstić information content (AvgIpc) is 1.58. The van der Waals surface area contributed by atoms with Gasteiger partial charge in [-0.1, -0.05) is 27.7 Å². The van der Waals surface area contributed by atoms with E-state index in [0.717, 1.165) is 24.7 Å². The molecule has 0 saturated carbocycles. The van der Waals surface area contributed by atoms with Crippen molar-refractivity contribution in [1.82, 2.24) is 0 Å². The molecule has 0 aromatic rings. The summed E-state index contributed by atoms with van der Waals surface area (Å²) in [5.74, 6) is 1.49. The summed E-state index contributed by atoms with van der Waals surface area (Å²) in [7, 11) is 0. The molecule has 0 fully saturated rings. The summed E-state index contributed by atoms with van der Waals surface area (Å²) in [6, 6.07) is 0.417. The van der Waals surface area contributed by atoms with Gasteiger partial charge in [0.05, 0.1) is 0 Å². The summed E-state index contributed by atoms with van der Waals surface area (Å²) in [5.41, 5.74) is 5.88. The van der Waals surface area contributed by atoms with Crippen molar-refractivity contribution in [2.24, 2.45) is 17.6 Å². The second-order valence-corrected chi connectivity index (χ2v) is 4.02. The van der Waals surface area contributed by atoms with Crippen LogP contribution in [0.15, 0.2) is 0 Å². The molecule has 0 atom stereocenters. The van der Waals surface area contributed by atoms with E-state index in [9.17, 15) is 0 Å². The Morgan fingerprint density at radius 1 is 0.900 bits per heavy atom. The molecule has 0 radical (unpaired) electrons. The molecule has 0 amide bonds. The van der Waals surface area contributed by atoms with Gasteiger partial charge in [0.2, 0.25) is 0 Å². The molecule has 2 N–H and O–H groups in total. The maximum absolute atomic E-state index is 5.88. The van der Waals surface area contributed by atoms with E-state index in [1.165, 1.54) is 0 Å². The van der Waals surface area contributed by atoms with Crippen LogP contribution in [0.4, 0.5) is 0 Å². The highest BCUT2D eigenvalue weighted by molar-refractivity contribution is 4.64. The minimum absolute atomic E-state index is 0.417. The fourth-order valence-corrected chi connectivity index (χ4v) is 1.31. The van der Waals surface area contributed by atoms with Crippen molar-refractivity contribution in [3.8, 4) is 0 Å². The van der Waals surface area contributed by atoms with Crippen molar-refractivity contribution in [3.05, 3.63) is 0 Å². The minimum Gasteiger partial charge on any atom is -0.328 e. The zero-order valence-electron chi connectivity index (χ0n) is 7.72. The Kier molecular flexibility index (Phi) is 4.71. The molecule has 0 bridgehead atoms. The number of rotatable bonds is 4. The highest BCUT2D eigenvalue weighted by Gasteiger charge is 2.06. The molecular formula is C9H21N. The van der Waals surface area contributed by atoms with Crippen molar-refractivity contribution in [3.63, 3.8) is 0 Å². The maximum atomic E-state index is 5.88. The first-order chi connectivity index (χ1) is 4.52. The van der Waals surface area contributed by atoms with Crippen LogP contribution in [0, 0.1) is 11.8 Å². The fraction of sp³-hybridized carbons (Fsp3) is 1.00. The summed E-state index contributed by atoms with van der Waals surface area (Å²) in [4.78, 5) is 0. The van der Waals surface area contributed by atoms with Crippen LogP contribution >= 0.6 is 0 Å². The van der Waals surface area contributed by atoms with Gasteiger partial charge >= 0.3 is 0 Å². The Morgan fingerprint density at radius 2 is 1.20 bits per heavy atom. The third-order valence-electron chi connectivity index (χ3n) is 1.55. The molecular weight excluding hydrogens is 122 g/mol. The molecule has 0 rings (SSSR count). The smallest absolute Gasteiger partial charge is 0.00436 e. The van der Waals surface area contributed by atoms with Crippen LogP contribution in [0.2, 0.25) is 0 Å². The molecule has 0 aliphatic rings. The van der Waals surface area contributed by atoms with Crippen molar-refractivity contribution in [2.45, 2.75) is 46.6 Å². The maximum Gasteiger partial charge on any atom is 0.00436 e. The van der Waals surface area contributed by atoms with Crippen LogP contribution in [0.5, 0.6) is 0 Å². The summed E-state index contributed by atoms with van der Waals surface area (Å²) in [5, 5.41) is 0. The summed E-state index contributed by atoms with van der Waals surface area (Å²) >= 11 is 0. The van der Waals surface area contributed by atoms with Crippen LogP contribution < -0.4 is 5.73 Å². The standard InChI is InChI=1S/C9H21N/c1-7(2)5-9(10)6-8(3)4/h7-9H,5-6,10H2,1-4H3. The quantitative estimate of drug-likeness (QED) is 0.642. The van der Waals surface area contributed by atoms with Crippen molar-refractivity contribution in [1.29, 1.82) is 0 Å². The van der Waals surface area contributed by atoms with E-state index in [2.05, 4.69) is 27.7 Å². The van der Waals surface area contributed by atoms with Gasteiger partial charge in [0.1, 0.15) is 0 Å². The average molecular weight is 143 g/mol. The van der Waals surface area contributed by atoms with Crippen LogP contribution in [-0.4, -0.2) is 6.04 Å². The largest absolute Gasteiger partial charge is 0.328 e. The van der Waals surface area contributed by atoms with Crippen LogP contribution in [0.3, 0.4) is 0 Å². The third-order valence-corrected chi connectivity index (χ3v) is 1.55. The zero-order chi connectivity index (χ0) is 8.15. The Hall–Kier alpha value is -0.0400. The second kappa shape index (κ2) is 4.73. The Balaban J connectivity index is 3.34. The van der Waals surface area contributed by atoms with Gasteiger partial charge in [-0.15, -0.1) is 0 Å². The minimum atomic E-state index is 0.417. The van der Waals surface area contributed by atoms with Crippen LogP contribution in [0.25, 0.3) is 0 Å². The fourth-order valence-electron chi connectivity index (χ4n) is 1.31. The van der Waals surface area contributed by atoms with Gasteiger partial charge in [0.25, 0.3) is 0 Å². The zero-order valence-corrected chi connectivity index (χ0v) is 7.72. The van der Waals surface area contributed by atoms with Crippen LogP contribution in [-0.2, 0) is 0 Å². The van der Waals surface area contributed by atoms with Gasteiger partial charge in [-0.3, -0.25) is 0 Å². The van der Waals surface area contributed by atoms with Gasteiger partial charge in [-0.05, 0) is 24.7 Å². The Morgan fingerprint density at radius 3 is 1.40 bits per heavy atom. The first-order valence-corrected chi connectivity index (χ1v) is 4.28. The molecule has 62 valence electrons. The molecule has 0 aromatic heterocycles. The van der Waals surface area contributed by atoms with Crippen molar-refractivity contribution < 1.29 is 0 Å². The van der Waals surface area contributed by atoms with Gasteiger partial charge in [0.15, 0.2) is 0 Å². The van der Waals surface area contributed by atoms with Crippen molar-refractivity contribution in [2.75, 3.05) is 0 Å². The molecule has 0 spiro atoms. The topological polar surface area (TPSA) is 26.0 Å². The van der Waals surface area contributed by atoms with Gasteiger partial charge in [-0.25, -0.2) is 0 Å². The first kappa shape index (κ1) is 9.96. The lowest BCUT2D eigenvalue weighted by molar-refractivity contribution is 0.422. The van der Waals surface area contributed by atoms with Gasteiger partial charge in [0, 0.05) is 6.04 Å². The Labute approximate surface area is 65.0 Å². The van der Waals surface area contributed by atoms with E-state index >= 15 is 0 Å². The van der Waals surface area contributed by atoms with E-state index in [0.29, 0.717) is 6.04 Å². The van der Waals surface area contributed by atoms with E-state index in [4.69, 9.17) is 5.73 Å².